The van der Waals surface area contributed by atoms with Crippen LogP contribution in [-0.2, 0) is 19.1 Å². The van der Waals surface area contributed by atoms with Crippen molar-refractivity contribution in [2.24, 2.45) is 11.0 Å². The number of carbonyl (C=O) groups excluding carboxylic acids is 3. The van der Waals surface area contributed by atoms with Crippen LogP contribution >= 0.6 is 0 Å². The summed E-state index contributed by atoms with van der Waals surface area (Å²) in [5.74, 6) is -2.96. The van der Waals surface area contributed by atoms with Crippen molar-refractivity contribution in [2.45, 2.75) is 33.6 Å². The lowest BCUT2D eigenvalue weighted by Crippen LogP contribution is -2.36. The molecule has 0 saturated carbocycles. The van der Waals surface area contributed by atoms with Crippen molar-refractivity contribution in [3.8, 4) is 6.07 Å². The van der Waals surface area contributed by atoms with E-state index in [9.17, 15) is 14.4 Å². The van der Waals surface area contributed by atoms with Crippen LogP contribution in [0, 0.1) is 36.5 Å². The Kier molecular flexibility index (Phi) is 6.19. The predicted octanol–water partition coefficient (Wildman–Crippen LogP) is 2.08. The lowest BCUT2D eigenvalue weighted by molar-refractivity contribution is -0.141. The van der Waals surface area contributed by atoms with Crippen LogP contribution < -0.4 is 5.01 Å². The molecule has 1 amide bonds. The Morgan fingerprint density at radius 3 is 2.70 bits per heavy atom. The van der Waals surface area contributed by atoms with E-state index >= 15 is 0 Å². The minimum Gasteiger partial charge on any atom is -0.453 e. The summed E-state index contributed by atoms with van der Waals surface area (Å²) < 4.78 is 4.94. The molecule has 27 heavy (non-hydrogen) atoms. The van der Waals surface area contributed by atoms with Gasteiger partial charge in [-0.05, 0) is 38.0 Å². The molecule has 1 aromatic rings. The zero-order chi connectivity index (χ0) is 20.1. The summed E-state index contributed by atoms with van der Waals surface area (Å²) in [7, 11) is 0. The largest absolute Gasteiger partial charge is 0.453 e. The van der Waals surface area contributed by atoms with Gasteiger partial charge in [0.15, 0.2) is 12.4 Å². The van der Waals surface area contributed by atoms with E-state index in [2.05, 4.69) is 5.10 Å². The molecule has 8 heteroatoms. The summed E-state index contributed by atoms with van der Waals surface area (Å²) in [5.41, 5.74) is 2.29. The normalized spacial score (nSPS) is 14.8. The fraction of sp³-hybridized carbons (Fsp3) is 0.368. The van der Waals surface area contributed by atoms with Gasteiger partial charge in [0.25, 0.3) is 0 Å². The number of hydrazone groups is 1. The standard InChI is InChI=1S/C19H20N4O4/c1-11-4-5-12(2)16(8-11)23-18(25)7-6-15(22-23)19(26)27-10-17(24)14(9-20)13(3)21/h4-5,8,14,21H,6-7,10H2,1-3H3/t14-/m1/s1. The molecule has 0 aliphatic carbocycles. The van der Waals surface area contributed by atoms with E-state index in [1.54, 1.807) is 12.1 Å². The van der Waals surface area contributed by atoms with Gasteiger partial charge in [-0.25, -0.2) is 4.79 Å². The molecule has 0 unspecified atom stereocenters. The van der Waals surface area contributed by atoms with Crippen LogP contribution in [0.15, 0.2) is 23.3 Å². The molecule has 0 saturated heterocycles. The van der Waals surface area contributed by atoms with Crippen molar-refractivity contribution in [1.82, 2.24) is 0 Å². The van der Waals surface area contributed by atoms with Crippen LogP contribution in [0.2, 0.25) is 0 Å². The molecular formula is C19H20N4O4. The third-order valence-electron chi connectivity index (χ3n) is 4.09. The number of benzene rings is 1. The molecule has 8 nitrogen and oxygen atoms in total. The van der Waals surface area contributed by atoms with E-state index in [0.29, 0.717) is 5.69 Å². The second kappa shape index (κ2) is 8.36. The third kappa shape index (κ3) is 4.64. The maximum Gasteiger partial charge on any atom is 0.354 e. The third-order valence-corrected chi connectivity index (χ3v) is 4.09. The van der Waals surface area contributed by atoms with Gasteiger partial charge in [0.05, 0.1) is 11.8 Å². The van der Waals surface area contributed by atoms with Gasteiger partial charge in [0.1, 0.15) is 11.6 Å². The van der Waals surface area contributed by atoms with Gasteiger partial charge < -0.3 is 10.1 Å². The molecule has 0 spiro atoms. The summed E-state index contributed by atoms with van der Waals surface area (Å²) in [6, 6.07) is 7.28. The Labute approximate surface area is 156 Å². The zero-order valence-electron chi connectivity index (χ0n) is 15.4. The molecule has 1 aliphatic heterocycles. The number of aryl methyl sites for hydroxylation is 2. The molecule has 1 N–H and O–H groups in total. The summed E-state index contributed by atoms with van der Waals surface area (Å²) in [4.78, 5) is 36.4. The van der Waals surface area contributed by atoms with Crippen LogP contribution in [0.25, 0.3) is 0 Å². The van der Waals surface area contributed by atoms with E-state index < -0.39 is 24.3 Å². The smallest absolute Gasteiger partial charge is 0.354 e. The first kappa shape index (κ1) is 20.0. The summed E-state index contributed by atoms with van der Waals surface area (Å²) >= 11 is 0. The molecular weight excluding hydrogens is 348 g/mol. The number of ether oxygens (including phenoxy) is 1. The lowest BCUT2D eigenvalue weighted by atomic mass is 10.0. The number of Topliss-reactive ketones (excluding diaryl/α,β-unsaturated/α-hetero) is 1. The van der Waals surface area contributed by atoms with E-state index in [4.69, 9.17) is 15.4 Å². The van der Waals surface area contributed by atoms with Gasteiger partial charge in [-0.3, -0.25) is 9.59 Å². The van der Waals surface area contributed by atoms with Crippen LogP contribution in [0.5, 0.6) is 0 Å². The van der Waals surface area contributed by atoms with Crippen molar-refractivity contribution in [3.05, 3.63) is 29.3 Å². The Balaban J connectivity index is 2.15. The molecule has 0 radical (unpaired) electrons. The number of nitrogens with zero attached hydrogens (tertiary/aromatic N) is 3. The highest BCUT2D eigenvalue weighted by molar-refractivity contribution is 6.38. The summed E-state index contributed by atoms with van der Waals surface area (Å²) in [6.07, 6.45) is 0.203. The number of hydrogen-bond donors (Lipinski definition) is 1. The van der Waals surface area contributed by atoms with Crippen molar-refractivity contribution in [2.75, 3.05) is 11.6 Å². The average Bonchev–Trinajstić information content (AvgIpc) is 2.62. The topological polar surface area (TPSA) is 124 Å². The predicted molar refractivity (Wildman–Crippen MR) is 98.5 cm³/mol. The van der Waals surface area contributed by atoms with Crippen molar-refractivity contribution in [3.63, 3.8) is 0 Å². The van der Waals surface area contributed by atoms with Crippen LogP contribution in [0.1, 0.15) is 30.9 Å². The van der Waals surface area contributed by atoms with Crippen LogP contribution in [0.4, 0.5) is 5.69 Å². The molecule has 0 aromatic heterocycles. The van der Waals surface area contributed by atoms with E-state index in [-0.39, 0.29) is 30.2 Å². The van der Waals surface area contributed by atoms with Crippen molar-refractivity contribution >= 4 is 34.8 Å². The molecule has 1 aromatic carbocycles. The molecule has 0 fully saturated rings. The molecule has 1 aliphatic rings. The monoisotopic (exact) mass is 368 g/mol. The number of anilines is 1. The maximum absolute atomic E-state index is 12.2. The number of amides is 1. The van der Waals surface area contributed by atoms with Gasteiger partial charge in [0.2, 0.25) is 5.91 Å². The van der Waals surface area contributed by atoms with Crippen molar-refractivity contribution < 1.29 is 19.1 Å². The van der Waals surface area contributed by atoms with Gasteiger partial charge in [0, 0.05) is 18.6 Å². The first-order chi connectivity index (χ1) is 12.7. The fourth-order valence-electron chi connectivity index (χ4n) is 2.55. The highest BCUT2D eigenvalue weighted by Gasteiger charge is 2.28. The Bertz CT molecular complexity index is 882. The molecule has 1 atom stereocenters. The first-order valence-electron chi connectivity index (χ1n) is 8.36. The number of nitrogens with one attached hydrogen (secondary N) is 1. The first-order valence-corrected chi connectivity index (χ1v) is 8.36. The lowest BCUT2D eigenvalue weighted by Gasteiger charge is -2.24. The maximum atomic E-state index is 12.2. The molecule has 0 bridgehead atoms. The number of hydrogen-bond acceptors (Lipinski definition) is 7. The van der Waals surface area contributed by atoms with Gasteiger partial charge in [-0.2, -0.15) is 15.4 Å². The fourth-order valence-corrected chi connectivity index (χ4v) is 2.55. The number of rotatable bonds is 6. The average molecular weight is 368 g/mol. The second-order valence-electron chi connectivity index (χ2n) is 6.33. The second-order valence-corrected chi connectivity index (χ2v) is 6.33. The Morgan fingerprint density at radius 2 is 2.07 bits per heavy atom. The number of carbonyl (C=O) groups is 3. The zero-order valence-corrected chi connectivity index (χ0v) is 15.4. The molecule has 1 heterocycles. The minimum atomic E-state index is -1.24. The highest BCUT2D eigenvalue weighted by Crippen LogP contribution is 2.25. The summed E-state index contributed by atoms with van der Waals surface area (Å²) in [6.45, 7) is 4.44. The SMILES string of the molecule is CC(=N)[C@@H](C#N)C(=O)COC(=O)C1=NN(c2cc(C)ccc2C)C(=O)CC1. The number of nitriles is 1. The van der Waals surface area contributed by atoms with Gasteiger partial charge in [-0.1, -0.05) is 12.1 Å². The Morgan fingerprint density at radius 1 is 1.37 bits per heavy atom. The highest BCUT2D eigenvalue weighted by atomic mass is 16.5. The van der Waals surface area contributed by atoms with E-state index in [1.165, 1.54) is 11.9 Å². The molecule has 2 rings (SSSR count). The van der Waals surface area contributed by atoms with Crippen LogP contribution in [0.3, 0.4) is 0 Å². The van der Waals surface area contributed by atoms with E-state index in [0.717, 1.165) is 11.1 Å². The summed E-state index contributed by atoms with van der Waals surface area (Å²) in [5, 5.41) is 21.6. The quantitative estimate of drug-likeness (QED) is 0.608. The minimum absolute atomic E-state index is 0.0309. The van der Waals surface area contributed by atoms with E-state index in [1.807, 2.05) is 26.0 Å². The van der Waals surface area contributed by atoms with Crippen molar-refractivity contribution in [1.29, 1.82) is 10.7 Å². The van der Waals surface area contributed by atoms with Gasteiger partial charge in [-0.15, -0.1) is 0 Å². The Hall–Kier alpha value is -3.34. The van der Waals surface area contributed by atoms with Crippen LogP contribution in [-0.4, -0.2) is 35.7 Å². The van der Waals surface area contributed by atoms with Gasteiger partial charge >= 0.3 is 5.97 Å². The number of ketones is 1. The number of esters is 1. The molecule has 140 valence electrons.